The molecule has 0 spiro atoms. The summed E-state index contributed by atoms with van der Waals surface area (Å²) in [6, 6.07) is 7.19. The second-order valence-electron chi connectivity index (χ2n) is 6.62. The second kappa shape index (κ2) is 6.37. The maximum Gasteiger partial charge on any atom is 0.0402 e. The molecule has 0 bridgehead atoms. The van der Waals surface area contributed by atoms with Crippen molar-refractivity contribution in [1.82, 2.24) is 9.80 Å². The molecule has 1 atom stereocenters. The molecule has 1 aromatic carbocycles. The van der Waals surface area contributed by atoms with Crippen molar-refractivity contribution in [3.63, 3.8) is 0 Å². The Morgan fingerprint density at radius 2 is 1.86 bits per heavy atom. The number of hydrogen-bond donors (Lipinski definition) is 0. The Morgan fingerprint density at radius 3 is 2.52 bits per heavy atom. The van der Waals surface area contributed by atoms with Crippen LogP contribution < -0.4 is 4.90 Å². The van der Waals surface area contributed by atoms with Gasteiger partial charge in [-0.05, 0) is 37.6 Å². The van der Waals surface area contributed by atoms with Crippen LogP contribution in [0.3, 0.4) is 0 Å². The summed E-state index contributed by atoms with van der Waals surface area (Å²) < 4.78 is 0. The number of nitrogens with zero attached hydrogens (tertiary/aromatic N) is 3. The number of benzene rings is 1. The zero-order valence-electron chi connectivity index (χ0n) is 13.8. The van der Waals surface area contributed by atoms with Gasteiger partial charge in [0.05, 0.1) is 0 Å². The van der Waals surface area contributed by atoms with Crippen LogP contribution in [-0.4, -0.2) is 56.1 Å². The molecule has 21 heavy (non-hydrogen) atoms. The summed E-state index contributed by atoms with van der Waals surface area (Å²) in [4.78, 5) is 7.55. The van der Waals surface area contributed by atoms with E-state index in [1.54, 1.807) is 5.56 Å². The molecule has 0 saturated carbocycles. The summed E-state index contributed by atoms with van der Waals surface area (Å²) in [5.41, 5.74) is 4.56. The predicted molar refractivity (Wildman–Crippen MR) is 90.1 cm³/mol. The van der Waals surface area contributed by atoms with Crippen LogP contribution in [0.4, 0.5) is 5.69 Å². The van der Waals surface area contributed by atoms with Crippen molar-refractivity contribution < 1.29 is 0 Å². The lowest BCUT2D eigenvalue weighted by atomic mass is 9.97. The van der Waals surface area contributed by atoms with Crippen LogP contribution in [0, 0.1) is 0 Å². The highest BCUT2D eigenvalue weighted by Gasteiger charge is 2.26. The van der Waals surface area contributed by atoms with E-state index in [1.807, 2.05) is 0 Å². The fourth-order valence-electron chi connectivity index (χ4n) is 3.69. The molecule has 0 N–H and O–H groups in total. The number of piperazine rings is 1. The average Bonchev–Trinajstić information content (AvgIpc) is 2.87. The third-order valence-electron chi connectivity index (χ3n) is 5.19. The molecule has 1 unspecified atom stereocenters. The Bertz CT molecular complexity index is 477. The summed E-state index contributed by atoms with van der Waals surface area (Å²) >= 11 is 0. The molecule has 2 aliphatic heterocycles. The van der Waals surface area contributed by atoms with Gasteiger partial charge in [0.1, 0.15) is 0 Å². The molecule has 0 radical (unpaired) electrons. The molecule has 116 valence electrons. The van der Waals surface area contributed by atoms with Gasteiger partial charge >= 0.3 is 0 Å². The average molecular weight is 287 g/mol. The van der Waals surface area contributed by atoms with E-state index in [0.29, 0.717) is 0 Å². The van der Waals surface area contributed by atoms with Gasteiger partial charge in [0.25, 0.3) is 0 Å². The third-order valence-corrected chi connectivity index (χ3v) is 5.19. The van der Waals surface area contributed by atoms with E-state index in [9.17, 15) is 0 Å². The molecule has 1 saturated heterocycles. The van der Waals surface area contributed by atoms with Crippen LogP contribution in [0.15, 0.2) is 18.2 Å². The minimum atomic E-state index is 0.729. The van der Waals surface area contributed by atoms with Crippen LogP contribution in [-0.2, 0) is 6.54 Å². The molecule has 3 nitrogen and oxygen atoms in total. The van der Waals surface area contributed by atoms with E-state index in [0.717, 1.165) is 19.0 Å². The van der Waals surface area contributed by atoms with Gasteiger partial charge in [0.2, 0.25) is 0 Å². The highest BCUT2D eigenvalue weighted by atomic mass is 15.2. The van der Waals surface area contributed by atoms with Gasteiger partial charge in [0.15, 0.2) is 0 Å². The molecule has 2 aliphatic rings. The Labute approximate surface area is 129 Å². The lowest BCUT2D eigenvalue weighted by molar-refractivity contribution is 0.148. The topological polar surface area (TPSA) is 9.72 Å². The molecule has 2 heterocycles. The number of rotatable bonds is 4. The van der Waals surface area contributed by atoms with Crippen molar-refractivity contribution in [1.29, 1.82) is 0 Å². The standard InChI is InChI=1S/C18H29N3/c1-4-16-14-21(5-2)18-7-6-15(12-17(16)18)13-20-10-8-19(3)9-11-20/h6-7,12,16H,4-5,8-11,13-14H2,1-3H3. The van der Waals surface area contributed by atoms with Crippen LogP contribution in [0.1, 0.15) is 37.3 Å². The number of anilines is 1. The molecular weight excluding hydrogens is 258 g/mol. The lowest BCUT2D eigenvalue weighted by Gasteiger charge is -2.32. The maximum atomic E-state index is 2.59. The quantitative estimate of drug-likeness (QED) is 0.843. The first-order valence-electron chi connectivity index (χ1n) is 8.50. The molecule has 0 amide bonds. The monoisotopic (exact) mass is 287 g/mol. The Morgan fingerprint density at radius 1 is 1.10 bits per heavy atom. The fraction of sp³-hybridized carbons (Fsp3) is 0.667. The van der Waals surface area contributed by atoms with E-state index in [1.165, 1.54) is 50.4 Å². The molecule has 3 rings (SSSR count). The van der Waals surface area contributed by atoms with Crippen molar-refractivity contribution in [2.45, 2.75) is 32.7 Å². The largest absolute Gasteiger partial charge is 0.371 e. The van der Waals surface area contributed by atoms with Gasteiger partial charge in [-0.25, -0.2) is 0 Å². The molecule has 0 aromatic heterocycles. The number of likely N-dealkylation sites (N-methyl/N-ethyl adjacent to an activating group) is 2. The van der Waals surface area contributed by atoms with Crippen molar-refractivity contribution in [3.05, 3.63) is 29.3 Å². The number of hydrogen-bond acceptors (Lipinski definition) is 3. The zero-order valence-corrected chi connectivity index (χ0v) is 13.8. The normalized spacial score (nSPS) is 23.6. The predicted octanol–water partition coefficient (Wildman–Crippen LogP) is 2.77. The van der Waals surface area contributed by atoms with Gasteiger partial charge in [-0.15, -0.1) is 0 Å². The van der Waals surface area contributed by atoms with Crippen LogP contribution in [0.25, 0.3) is 0 Å². The van der Waals surface area contributed by atoms with E-state index in [4.69, 9.17) is 0 Å². The van der Waals surface area contributed by atoms with Crippen LogP contribution >= 0.6 is 0 Å². The van der Waals surface area contributed by atoms with E-state index in [-0.39, 0.29) is 0 Å². The van der Waals surface area contributed by atoms with Crippen LogP contribution in [0.2, 0.25) is 0 Å². The SMILES string of the molecule is CCC1CN(CC)c2ccc(CN3CCN(C)CC3)cc21. The number of fused-ring (bicyclic) bond motifs is 1. The van der Waals surface area contributed by atoms with E-state index < -0.39 is 0 Å². The van der Waals surface area contributed by atoms with Gasteiger partial charge in [-0.1, -0.05) is 19.1 Å². The van der Waals surface area contributed by atoms with E-state index in [2.05, 4.69) is 53.8 Å². The summed E-state index contributed by atoms with van der Waals surface area (Å²) in [7, 11) is 2.22. The highest BCUT2D eigenvalue weighted by molar-refractivity contribution is 5.61. The summed E-state index contributed by atoms with van der Waals surface area (Å²) in [5, 5.41) is 0. The minimum Gasteiger partial charge on any atom is -0.371 e. The lowest BCUT2D eigenvalue weighted by Crippen LogP contribution is -2.43. The van der Waals surface area contributed by atoms with Gasteiger partial charge in [0, 0.05) is 57.4 Å². The minimum absolute atomic E-state index is 0.729. The molecule has 3 heteroatoms. The van der Waals surface area contributed by atoms with Crippen LogP contribution in [0.5, 0.6) is 0 Å². The molecule has 1 fully saturated rings. The Kier molecular flexibility index (Phi) is 4.51. The molecular formula is C18H29N3. The van der Waals surface area contributed by atoms with Crippen molar-refractivity contribution in [2.24, 2.45) is 0 Å². The first kappa shape index (κ1) is 14.9. The molecule has 0 aliphatic carbocycles. The summed E-state index contributed by atoms with van der Waals surface area (Å²) in [6.45, 7) is 12.8. The second-order valence-corrected chi connectivity index (χ2v) is 6.62. The van der Waals surface area contributed by atoms with Crippen molar-refractivity contribution in [2.75, 3.05) is 51.2 Å². The first-order chi connectivity index (χ1) is 10.2. The summed E-state index contributed by atoms with van der Waals surface area (Å²) in [5.74, 6) is 0.729. The van der Waals surface area contributed by atoms with Gasteiger partial charge in [-0.3, -0.25) is 4.90 Å². The third kappa shape index (κ3) is 3.09. The molecule has 1 aromatic rings. The smallest absolute Gasteiger partial charge is 0.0402 e. The van der Waals surface area contributed by atoms with Gasteiger partial charge in [-0.2, -0.15) is 0 Å². The van der Waals surface area contributed by atoms with Gasteiger partial charge < -0.3 is 9.80 Å². The van der Waals surface area contributed by atoms with E-state index >= 15 is 0 Å². The first-order valence-corrected chi connectivity index (χ1v) is 8.50. The maximum absolute atomic E-state index is 2.59. The summed E-state index contributed by atoms with van der Waals surface area (Å²) in [6.07, 6.45) is 1.25. The van der Waals surface area contributed by atoms with Crippen molar-refractivity contribution >= 4 is 5.69 Å². The zero-order chi connectivity index (χ0) is 14.8. The fourth-order valence-corrected chi connectivity index (χ4v) is 3.69. The highest BCUT2D eigenvalue weighted by Crippen LogP contribution is 2.38. The van der Waals surface area contributed by atoms with Crippen molar-refractivity contribution in [3.8, 4) is 0 Å². The Balaban J connectivity index is 1.73. The Hall–Kier alpha value is -1.06.